The Morgan fingerprint density at radius 1 is 1.43 bits per heavy atom. The van der Waals surface area contributed by atoms with Crippen LogP contribution in [-0.4, -0.2) is 42.6 Å². The number of hydrogen-bond acceptors (Lipinski definition) is 4. The Labute approximate surface area is 189 Å². The Morgan fingerprint density at radius 3 is 2.86 bits per heavy atom. The van der Waals surface area contributed by atoms with Gasteiger partial charge in [0.1, 0.15) is 11.1 Å². The van der Waals surface area contributed by atoms with Crippen molar-refractivity contribution in [1.82, 2.24) is 15.2 Å². The van der Waals surface area contributed by atoms with Crippen LogP contribution in [0.1, 0.15) is 54.1 Å². The molecule has 7 heteroatoms. The van der Waals surface area contributed by atoms with E-state index in [4.69, 9.17) is 14.7 Å². The van der Waals surface area contributed by atoms with Crippen molar-refractivity contribution in [2.24, 2.45) is 4.99 Å². The third kappa shape index (κ3) is 5.67. The summed E-state index contributed by atoms with van der Waals surface area (Å²) < 4.78 is 5.36. The first kappa shape index (κ1) is 23.1. The van der Waals surface area contributed by atoms with Gasteiger partial charge in [-0.2, -0.15) is 0 Å². The number of aromatic nitrogens is 1. The van der Waals surface area contributed by atoms with Gasteiger partial charge in [0, 0.05) is 38.0 Å². The molecule has 3 atom stereocenters. The molecule has 0 radical (unpaired) electrons. The van der Waals surface area contributed by atoms with E-state index in [1.807, 2.05) is 6.92 Å². The number of rotatable bonds is 7. The molecule has 28 heavy (non-hydrogen) atoms. The molecule has 1 heterocycles. The zero-order chi connectivity index (χ0) is 19.4. The molecule has 1 N–H and O–H groups in total. The quantitative estimate of drug-likeness (QED) is 0.330. The predicted molar refractivity (Wildman–Crippen MR) is 128 cm³/mol. The number of nitrogens with one attached hydrogen (secondary N) is 1. The first-order chi connectivity index (χ1) is 13.0. The monoisotopic (exact) mass is 514 g/mol. The van der Waals surface area contributed by atoms with E-state index in [0.717, 1.165) is 36.2 Å². The molecule has 154 valence electrons. The molecule has 1 aromatic heterocycles. The van der Waals surface area contributed by atoms with Gasteiger partial charge in [-0.05, 0) is 38.3 Å². The molecule has 3 unspecified atom stereocenters. The molecule has 1 fully saturated rings. The Hall–Kier alpha value is -1.19. The van der Waals surface area contributed by atoms with Gasteiger partial charge in [-0.3, -0.25) is 4.99 Å². The van der Waals surface area contributed by atoms with Gasteiger partial charge in [0.05, 0.1) is 12.2 Å². The third-order valence-corrected chi connectivity index (χ3v) is 6.09. The van der Waals surface area contributed by atoms with Crippen LogP contribution in [0.3, 0.4) is 0 Å². The number of halogens is 1. The van der Waals surface area contributed by atoms with Gasteiger partial charge in [-0.25, -0.2) is 4.98 Å². The summed E-state index contributed by atoms with van der Waals surface area (Å²) in [5.41, 5.74) is 3.88. The fourth-order valence-electron chi connectivity index (χ4n) is 3.29. The molecule has 0 saturated heterocycles. The van der Waals surface area contributed by atoms with Crippen LogP contribution in [0.4, 0.5) is 0 Å². The molecule has 2 aromatic rings. The van der Waals surface area contributed by atoms with Crippen LogP contribution in [-0.2, 0) is 11.3 Å². The zero-order valence-electron chi connectivity index (χ0n) is 17.3. The van der Waals surface area contributed by atoms with E-state index in [0.29, 0.717) is 12.0 Å². The van der Waals surface area contributed by atoms with E-state index >= 15 is 0 Å². The highest BCUT2D eigenvalue weighted by Gasteiger charge is 2.40. The summed E-state index contributed by atoms with van der Waals surface area (Å²) in [6, 6.07) is 9.13. The van der Waals surface area contributed by atoms with E-state index in [1.54, 1.807) is 18.4 Å². The second-order valence-corrected chi connectivity index (χ2v) is 8.05. The molecule has 0 aliphatic heterocycles. The van der Waals surface area contributed by atoms with Gasteiger partial charge >= 0.3 is 0 Å². The van der Waals surface area contributed by atoms with E-state index in [1.165, 1.54) is 11.1 Å². The molecule has 5 nitrogen and oxygen atoms in total. The fourth-order valence-corrected chi connectivity index (χ4v) is 4.14. The number of hydrogen-bond donors (Lipinski definition) is 1. The fraction of sp³-hybridized carbons (Fsp3) is 0.524. The first-order valence-electron chi connectivity index (χ1n) is 9.58. The summed E-state index contributed by atoms with van der Waals surface area (Å²) in [4.78, 5) is 11.6. The summed E-state index contributed by atoms with van der Waals surface area (Å²) in [7, 11) is 3.79. The Morgan fingerprint density at radius 2 is 2.18 bits per heavy atom. The highest BCUT2D eigenvalue weighted by molar-refractivity contribution is 14.0. The van der Waals surface area contributed by atoms with E-state index in [-0.39, 0.29) is 30.1 Å². The minimum absolute atomic E-state index is 0. The number of nitrogens with zero attached hydrogens (tertiary/aromatic N) is 3. The maximum absolute atomic E-state index is 5.36. The number of thiazole rings is 1. The smallest absolute Gasteiger partial charge is 0.194 e. The number of ether oxygens (including phenoxy) is 1. The second kappa shape index (κ2) is 10.5. The topological polar surface area (TPSA) is 49.8 Å². The van der Waals surface area contributed by atoms with Crippen molar-refractivity contribution >= 4 is 41.3 Å². The molecule has 1 aliphatic carbocycles. The lowest BCUT2D eigenvalue weighted by molar-refractivity contribution is 0.119. The molecule has 0 amide bonds. The molecule has 1 saturated carbocycles. The highest BCUT2D eigenvalue weighted by Crippen LogP contribution is 2.42. The third-order valence-electron chi connectivity index (χ3n) is 5.03. The summed E-state index contributed by atoms with van der Waals surface area (Å²) in [5, 5.41) is 6.78. The largest absolute Gasteiger partial charge is 0.375 e. The molecule has 0 bridgehead atoms. The number of aryl methyl sites for hydroxylation is 1. The molecule has 0 spiro atoms. The normalized spacial score (nSPS) is 19.7. The lowest BCUT2D eigenvalue weighted by Gasteiger charge is -2.22. The molecular weight excluding hydrogens is 483 g/mol. The van der Waals surface area contributed by atoms with Crippen LogP contribution in [0, 0.1) is 6.92 Å². The SMILES string of the molecule is CCN=C(NC1CC1c1ccccc1C)N(C)Cc1csc(C(C)OC)n1.I. The highest BCUT2D eigenvalue weighted by atomic mass is 127. The van der Waals surface area contributed by atoms with Crippen molar-refractivity contribution in [3.05, 3.63) is 51.5 Å². The Bertz CT molecular complexity index is 794. The van der Waals surface area contributed by atoms with Gasteiger partial charge in [-0.15, -0.1) is 35.3 Å². The molecule has 1 aliphatic rings. The molecule has 3 rings (SSSR count). The number of guanidine groups is 1. The Kier molecular flexibility index (Phi) is 8.70. The number of aliphatic imine (C=N–C) groups is 1. The summed E-state index contributed by atoms with van der Waals surface area (Å²) >= 11 is 1.65. The maximum atomic E-state index is 5.36. The average Bonchev–Trinajstić information content (AvgIpc) is 3.27. The van der Waals surface area contributed by atoms with Crippen LogP contribution in [0.25, 0.3) is 0 Å². The van der Waals surface area contributed by atoms with Crippen LogP contribution in [0.15, 0.2) is 34.6 Å². The van der Waals surface area contributed by atoms with E-state index in [9.17, 15) is 0 Å². The molecule has 1 aromatic carbocycles. The van der Waals surface area contributed by atoms with E-state index in [2.05, 4.69) is 60.8 Å². The van der Waals surface area contributed by atoms with Crippen molar-refractivity contribution < 1.29 is 4.74 Å². The number of benzene rings is 1. The van der Waals surface area contributed by atoms with Gasteiger partial charge in [0.2, 0.25) is 0 Å². The second-order valence-electron chi connectivity index (χ2n) is 7.16. The lowest BCUT2D eigenvalue weighted by Crippen LogP contribution is -2.40. The van der Waals surface area contributed by atoms with Gasteiger partial charge in [0.15, 0.2) is 5.96 Å². The van der Waals surface area contributed by atoms with Crippen molar-refractivity contribution in [3.8, 4) is 0 Å². The molecular formula is C21H31IN4OS. The summed E-state index contributed by atoms with van der Waals surface area (Å²) in [6.45, 7) is 7.79. The predicted octanol–water partition coefficient (Wildman–Crippen LogP) is 4.73. The zero-order valence-corrected chi connectivity index (χ0v) is 20.5. The summed E-state index contributed by atoms with van der Waals surface area (Å²) in [6.07, 6.45) is 1.20. The summed E-state index contributed by atoms with van der Waals surface area (Å²) in [5.74, 6) is 1.53. The average molecular weight is 514 g/mol. The number of methoxy groups -OCH3 is 1. The van der Waals surface area contributed by atoms with Crippen molar-refractivity contribution in [2.45, 2.75) is 51.8 Å². The van der Waals surface area contributed by atoms with Gasteiger partial charge < -0.3 is 15.0 Å². The first-order valence-corrected chi connectivity index (χ1v) is 10.5. The Balaban J connectivity index is 0.00000280. The lowest BCUT2D eigenvalue weighted by atomic mass is 10.0. The standard InChI is InChI=1S/C21H30N4OS.HI/c1-6-22-21(24-19-11-18(19)17-10-8-7-9-14(17)2)25(4)12-16-13-27-20(23-16)15(3)26-5;/h7-10,13,15,18-19H,6,11-12H2,1-5H3,(H,22,24);1H. The van der Waals surface area contributed by atoms with Crippen molar-refractivity contribution in [2.75, 3.05) is 20.7 Å². The minimum atomic E-state index is 0. The maximum Gasteiger partial charge on any atom is 0.194 e. The van der Waals surface area contributed by atoms with Crippen molar-refractivity contribution in [3.63, 3.8) is 0 Å². The van der Waals surface area contributed by atoms with Crippen LogP contribution in [0.5, 0.6) is 0 Å². The van der Waals surface area contributed by atoms with Gasteiger partial charge in [-0.1, -0.05) is 24.3 Å². The van der Waals surface area contributed by atoms with Crippen LogP contribution in [0.2, 0.25) is 0 Å². The van der Waals surface area contributed by atoms with Crippen LogP contribution < -0.4 is 5.32 Å². The van der Waals surface area contributed by atoms with E-state index < -0.39 is 0 Å². The minimum Gasteiger partial charge on any atom is -0.375 e. The van der Waals surface area contributed by atoms with Crippen LogP contribution >= 0.6 is 35.3 Å². The van der Waals surface area contributed by atoms with Gasteiger partial charge in [0.25, 0.3) is 0 Å². The van der Waals surface area contributed by atoms with Crippen molar-refractivity contribution in [1.29, 1.82) is 0 Å².